The molecule has 0 aromatic heterocycles. The first kappa shape index (κ1) is 16.8. The predicted molar refractivity (Wildman–Crippen MR) is 80.8 cm³/mol. The van der Waals surface area contributed by atoms with Crippen molar-refractivity contribution in [3.63, 3.8) is 0 Å². The van der Waals surface area contributed by atoms with E-state index in [1.54, 1.807) is 4.90 Å². The van der Waals surface area contributed by atoms with Gasteiger partial charge in [-0.3, -0.25) is 5.01 Å². The lowest BCUT2D eigenvalue weighted by molar-refractivity contribution is 0.104. The molecular formula is C10H16Cl5N3. The van der Waals surface area contributed by atoms with Crippen molar-refractivity contribution in [2.45, 2.75) is 47.5 Å². The van der Waals surface area contributed by atoms with Crippen LogP contribution in [0, 0.1) is 0 Å². The summed E-state index contributed by atoms with van der Waals surface area (Å²) < 4.78 is -3.47. The second kappa shape index (κ2) is 6.45. The van der Waals surface area contributed by atoms with Gasteiger partial charge in [0.05, 0.1) is 0 Å². The second-order valence-corrected chi connectivity index (χ2v) is 7.68. The zero-order chi connectivity index (χ0) is 14.0. The van der Waals surface area contributed by atoms with E-state index in [2.05, 4.69) is 18.9 Å². The Hall–Kier alpha value is 0.720. The van der Waals surface area contributed by atoms with Crippen LogP contribution in [0.3, 0.4) is 0 Å². The molecule has 1 aliphatic heterocycles. The van der Waals surface area contributed by atoms with E-state index in [1.165, 1.54) is 6.34 Å². The third kappa shape index (κ3) is 3.43. The molecule has 1 heterocycles. The van der Waals surface area contributed by atoms with Gasteiger partial charge in [0.1, 0.15) is 12.5 Å². The molecule has 1 rings (SSSR count). The van der Waals surface area contributed by atoms with E-state index >= 15 is 0 Å². The maximum atomic E-state index is 6.19. The van der Waals surface area contributed by atoms with E-state index in [9.17, 15) is 0 Å². The molecule has 0 radical (unpaired) electrons. The molecule has 1 aliphatic rings. The molecule has 0 bridgehead atoms. The molecule has 8 heteroatoms. The molecule has 0 saturated carbocycles. The van der Waals surface area contributed by atoms with Crippen molar-refractivity contribution in [1.29, 1.82) is 0 Å². The van der Waals surface area contributed by atoms with Crippen molar-refractivity contribution in [1.82, 2.24) is 9.91 Å². The zero-order valence-electron chi connectivity index (χ0n) is 10.2. The van der Waals surface area contributed by atoms with E-state index in [1.807, 2.05) is 5.01 Å². The van der Waals surface area contributed by atoms with Gasteiger partial charge in [0.15, 0.2) is 0 Å². The fraction of sp³-hybridized carbons (Fsp3) is 0.900. The van der Waals surface area contributed by atoms with Crippen LogP contribution < -0.4 is 0 Å². The molecule has 0 aromatic rings. The van der Waals surface area contributed by atoms with Gasteiger partial charge in [-0.25, -0.2) is 0 Å². The van der Waals surface area contributed by atoms with Crippen molar-refractivity contribution in [2.75, 3.05) is 6.54 Å². The predicted octanol–water partition coefficient (Wildman–Crippen LogP) is 4.59. The molecule has 3 nitrogen and oxygen atoms in total. The Labute approximate surface area is 133 Å². The van der Waals surface area contributed by atoms with Crippen molar-refractivity contribution < 1.29 is 0 Å². The summed E-state index contributed by atoms with van der Waals surface area (Å²) in [5, 5.41) is 6.19. The number of nitrogens with zero attached hydrogens (tertiary/aromatic N) is 3. The molecule has 0 amide bonds. The number of rotatable bonds is 5. The van der Waals surface area contributed by atoms with Crippen LogP contribution >= 0.6 is 58.0 Å². The van der Waals surface area contributed by atoms with Crippen molar-refractivity contribution >= 4 is 64.3 Å². The van der Waals surface area contributed by atoms with Crippen LogP contribution in [0.5, 0.6) is 0 Å². The molecule has 1 atom stereocenters. The fourth-order valence-electron chi connectivity index (χ4n) is 1.81. The average molecular weight is 356 g/mol. The Morgan fingerprint density at radius 2 is 1.72 bits per heavy atom. The first-order valence-electron chi connectivity index (χ1n) is 5.79. The third-order valence-electron chi connectivity index (χ3n) is 2.65. The smallest absolute Gasteiger partial charge is 0.241 e. The summed E-state index contributed by atoms with van der Waals surface area (Å²) >= 11 is 29.9. The first-order chi connectivity index (χ1) is 8.25. The summed E-state index contributed by atoms with van der Waals surface area (Å²) in [7, 11) is 0. The lowest BCUT2D eigenvalue weighted by atomic mass is 10.2. The molecule has 0 saturated heterocycles. The van der Waals surface area contributed by atoms with Gasteiger partial charge in [-0.15, -0.1) is 0 Å². The molecule has 106 valence electrons. The highest BCUT2D eigenvalue weighted by molar-refractivity contribution is 6.75. The van der Waals surface area contributed by atoms with Crippen LogP contribution in [-0.4, -0.2) is 37.2 Å². The van der Waals surface area contributed by atoms with Crippen molar-refractivity contribution in [2.24, 2.45) is 5.10 Å². The van der Waals surface area contributed by atoms with Crippen LogP contribution in [0.1, 0.15) is 33.1 Å². The van der Waals surface area contributed by atoms with Gasteiger partial charge in [-0.1, -0.05) is 78.3 Å². The summed E-state index contributed by atoms with van der Waals surface area (Å²) in [5.74, 6) is 0. The van der Waals surface area contributed by atoms with E-state index in [0.717, 1.165) is 25.8 Å². The third-order valence-corrected chi connectivity index (χ3v) is 5.01. The van der Waals surface area contributed by atoms with Crippen molar-refractivity contribution in [3.05, 3.63) is 0 Å². The molecule has 0 aromatic carbocycles. The summed E-state index contributed by atoms with van der Waals surface area (Å²) in [6, 6.07) is 0. The number of halogens is 5. The molecule has 0 spiro atoms. The number of hydrazone groups is 1. The van der Waals surface area contributed by atoms with Gasteiger partial charge in [-0.05, 0) is 12.8 Å². The van der Waals surface area contributed by atoms with Gasteiger partial charge in [0.2, 0.25) is 8.25 Å². The quantitative estimate of drug-likeness (QED) is 0.531. The van der Waals surface area contributed by atoms with Crippen LogP contribution in [0.2, 0.25) is 0 Å². The lowest BCUT2D eigenvalue weighted by Crippen LogP contribution is -2.54. The summed E-state index contributed by atoms with van der Waals surface area (Å²) in [6.07, 6.45) is 4.21. The topological polar surface area (TPSA) is 18.8 Å². The first-order valence-corrected chi connectivity index (χ1v) is 7.68. The van der Waals surface area contributed by atoms with Crippen LogP contribution in [0.25, 0.3) is 0 Å². The highest BCUT2D eigenvalue weighted by Gasteiger charge is 2.54. The molecule has 1 unspecified atom stereocenters. The molecule has 0 aliphatic carbocycles. The minimum atomic E-state index is -1.82. The van der Waals surface area contributed by atoms with E-state index < -0.39 is 8.25 Å². The largest absolute Gasteiger partial charge is 0.304 e. The van der Waals surface area contributed by atoms with Crippen LogP contribution in [0.15, 0.2) is 5.10 Å². The van der Waals surface area contributed by atoms with Gasteiger partial charge in [-0.2, -0.15) is 5.10 Å². The van der Waals surface area contributed by atoms with Gasteiger partial charge in [0, 0.05) is 6.54 Å². The standard InChI is InChI=1S/C10H16Cl5N3/c1-3-5-8-17(7-16-18(8)6-4-2)10(14,15)9(11,12)13/h7-8H,3-6H2,1-2H3. The second-order valence-electron chi connectivity index (χ2n) is 4.11. The van der Waals surface area contributed by atoms with Crippen molar-refractivity contribution in [3.8, 4) is 0 Å². The Morgan fingerprint density at radius 3 is 2.17 bits per heavy atom. The molecular weight excluding hydrogens is 339 g/mol. The summed E-state index contributed by atoms with van der Waals surface area (Å²) in [4.78, 5) is 1.60. The Kier molecular flexibility index (Phi) is 6.01. The van der Waals surface area contributed by atoms with E-state index in [4.69, 9.17) is 58.0 Å². The highest BCUT2D eigenvalue weighted by atomic mass is 35.6. The minimum absolute atomic E-state index is 0.0828. The minimum Gasteiger partial charge on any atom is -0.304 e. The zero-order valence-corrected chi connectivity index (χ0v) is 14.0. The van der Waals surface area contributed by atoms with E-state index in [0.29, 0.717) is 0 Å². The normalized spacial score (nSPS) is 20.9. The number of hydrogen-bond acceptors (Lipinski definition) is 3. The highest BCUT2D eigenvalue weighted by Crippen LogP contribution is 2.49. The summed E-state index contributed by atoms with van der Waals surface area (Å²) in [5.41, 5.74) is 0. The monoisotopic (exact) mass is 353 g/mol. The lowest BCUT2D eigenvalue weighted by Gasteiger charge is -2.40. The van der Waals surface area contributed by atoms with E-state index in [-0.39, 0.29) is 6.17 Å². The Bertz CT molecular complexity index is 302. The molecule has 0 N–H and O–H groups in total. The Balaban J connectivity index is 2.92. The number of alkyl halides is 5. The number of hydrogen-bond donors (Lipinski definition) is 0. The van der Waals surface area contributed by atoms with Crippen LogP contribution in [-0.2, 0) is 0 Å². The van der Waals surface area contributed by atoms with Gasteiger partial charge < -0.3 is 4.90 Å². The van der Waals surface area contributed by atoms with Gasteiger partial charge in [0.25, 0.3) is 0 Å². The average Bonchev–Trinajstić information content (AvgIpc) is 2.62. The molecule has 18 heavy (non-hydrogen) atoms. The SMILES string of the molecule is CCCC1N(CCC)N=CN1C(Cl)(Cl)C(Cl)(Cl)Cl. The maximum absolute atomic E-state index is 6.19. The maximum Gasteiger partial charge on any atom is 0.241 e. The summed E-state index contributed by atoms with van der Waals surface area (Å²) in [6.45, 7) is 4.95. The molecule has 0 fully saturated rings. The van der Waals surface area contributed by atoms with Gasteiger partial charge >= 0.3 is 0 Å². The van der Waals surface area contributed by atoms with Crippen LogP contribution in [0.4, 0.5) is 0 Å². The Morgan fingerprint density at radius 1 is 1.11 bits per heavy atom. The fourth-order valence-corrected chi connectivity index (χ4v) is 2.41.